The summed E-state index contributed by atoms with van der Waals surface area (Å²) in [7, 11) is 1.52. The van der Waals surface area contributed by atoms with E-state index in [2.05, 4.69) is 41.1 Å². The van der Waals surface area contributed by atoms with Crippen LogP contribution in [0.1, 0.15) is 49.8 Å². The minimum absolute atomic E-state index is 0.0975. The number of hydrogen-bond acceptors (Lipinski definition) is 3. The average Bonchev–Trinajstić information content (AvgIpc) is 3.03. The van der Waals surface area contributed by atoms with Gasteiger partial charge in [0.1, 0.15) is 0 Å². The van der Waals surface area contributed by atoms with Crippen molar-refractivity contribution < 1.29 is 9.53 Å². The second-order valence-corrected chi connectivity index (χ2v) is 7.83. The predicted octanol–water partition coefficient (Wildman–Crippen LogP) is 3.86. The van der Waals surface area contributed by atoms with Gasteiger partial charge in [0, 0.05) is 29.7 Å². The third-order valence-corrected chi connectivity index (χ3v) is 6.49. The fourth-order valence-electron chi connectivity index (χ4n) is 5.04. The van der Waals surface area contributed by atoms with Crippen LogP contribution in [0.5, 0.6) is 0 Å². The van der Waals surface area contributed by atoms with E-state index in [0.717, 1.165) is 43.6 Å². The van der Waals surface area contributed by atoms with Crippen LogP contribution in [0.25, 0.3) is 10.9 Å². The van der Waals surface area contributed by atoms with Crippen LogP contribution in [0.4, 0.5) is 0 Å². The topological polar surface area (TPSA) is 45.3 Å². The van der Waals surface area contributed by atoms with E-state index < -0.39 is 0 Å². The van der Waals surface area contributed by atoms with Gasteiger partial charge in [-0.2, -0.15) is 0 Å². The molecule has 1 fully saturated rings. The van der Waals surface area contributed by atoms with Crippen LogP contribution in [0.3, 0.4) is 0 Å². The number of nitrogens with one attached hydrogen (secondary N) is 1. The maximum atomic E-state index is 12.7. The zero-order chi connectivity index (χ0) is 17.4. The summed E-state index contributed by atoms with van der Waals surface area (Å²) in [5, 5.41) is 1.26. The Bertz CT molecular complexity index is 781. The highest BCUT2D eigenvalue weighted by Gasteiger charge is 2.41. The second-order valence-electron chi connectivity index (χ2n) is 7.83. The molecule has 1 saturated heterocycles. The third-order valence-electron chi connectivity index (χ3n) is 6.49. The average molecular weight is 340 g/mol. The van der Waals surface area contributed by atoms with E-state index >= 15 is 0 Å². The van der Waals surface area contributed by atoms with Gasteiger partial charge in [0.15, 0.2) is 0 Å². The summed E-state index contributed by atoms with van der Waals surface area (Å²) in [5.41, 5.74) is 3.75. The number of esters is 1. The van der Waals surface area contributed by atoms with Gasteiger partial charge in [-0.25, -0.2) is 0 Å². The smallest absolute Gasteiger partial charge is 0.314 e. The lowest BCUT2D eigenvalue weighted by Crippen LogP contribution is -2.44. The Labute approximate surface area is 149 Å². The molecule has 0 saturated carbocycles. The maximum absolute atomic E-state index is 12.7. The molecule has 134 valence electrons. The van der Waals surface area contributed by atoms with Gasteiger partial charge in [-0.05, 0) is 55.7 Å². The number of piperidine rings is 1. The standard InChI is InChI=1S/C21H28N2O2/c1-3-21-10-6-11-23(14-21)12-9-16-15-7-4-5-8-18(15)22-19(16)17(13-21)20(24)25-2/h4-5,7-8,17,22H,3,6,9-14H2,1-2H3/t17-,21-/m0/s1. The molecule has 1 aromatic carbocycles. The molecule has 0 amide bonds. The van der Waals surface area contributed by atoms with Crippen LogP contribution in [0.2, 0.25) is 0 Å². The van der Waals surface area contributed by atoms with Crippen molar-refractivity contribution >= 4 is 16.9 Å². The molecule has 4 nitrogen and oxygen atoms in total. The van der Waals surface area contributed by atoms with Crippen molar-refractivity contribution in [1.82, 2.24) is 9.88 Å². The molecule has 1 aromatic heterocycles. The molecular formula is C21H28N2O2. The Morgan fingerprint density at radius 1 is 1.36 bits per heavy atom. The first-order chi connectivity index (χ1) is 12.2. The van der Waals surface area contributed by atoms with Crippen LogP contribution in [-0.4, -0.2) is 42.6 Å². The Morgan fingerprint density at radius 3 is 3.00 bits per heavy atom. The Hall–Kier alpha value is -1.81. The lowest BCUT2D eigenvalue weighted by atomic mass is 9.71. The molecule has 4 rings (SSSR count). The Kier molecular flexibility index (Phi) is 4.32. The number of methoxy groups -OCH3 is 1. The number of carbonyl (C=O) groups is 1. The van der Waals surface area contributed by atoms with E-state index in [9.17, 15) is 4.79 Å². The lowest BCUT2D eigenvalue weighted by Gasteiger charge is -2.43. The van der Waals surface area contributed by atoms with Gasteiger partial charge in [-0.15, -0.1) is 0 Å². The van der Waals surface area contributed by atoms with Crippen molar-refractivity contribution in [2.24, 2.45) is 5.41 Å². The monoisotopic (exact) mass is 340 g/mol. The number of carbonyl (C=O) groups excluding carboxylic acids is 1. The summed E-state index contributed by atoms with van der Waals surface area (Å²) in [6, 6.07) is 8.42. The van der Waals surface area contributed by atoms with Gasteiger partial charge < -0.3 is 14.6 Å². The zero-order valence-corrected chi connectivity index (χ0v) is 15.3. The highest BCUT2D eigenvalue weighted by Crippen LogP contribution is 2.44. The molecule has 2 aliphatic heterocycles. The number of nitrogens with zero attached hydrogens (tertiary/aromatic N) is 1. The number of ether oxygens (including phenoxy) is 1. The molecule has 25 heavy (non-hydrogen) atoms. The number of para-hydroxylation sites is 1. The number of rotatable bonds is 2. The van der Waals surface area contributed by atoms with Crippen LogP contribution in [0, 0.1) is 5.41 Å². The summed E-state index contributed by atoms with van der Waals surface area (Å²) >= 11 is 0. The Balaban J connectivity index is 1.86. The molecule has 2 bridgehead atoms. The van der Waals surface area contributed by atoms with Crippen molar-refractivity contribution in [3.05, 3.63) is 35.5 Å². The second kappa shape index (κ2) is 6.49. The molecule has 0 spiro atoms. The molecule has 0 aliphatic carbocycles. The highest BCUT2D eigenvalue weighted by molar-refractivity contribution is 5.88. The number of hydrogen-bond donors (Lipinski definition) is 1. The fourth-order valence-corrected chi connectivity index (χ4v) is 5.04. The number of benzene rings is 1. The molecule has 4 heteroatoms. The van der Waals surface area contributed by atoms with E-state index in [0.29, 0.717) is 0 Å². The van der Waals surface area contributed by atoms with Crippen molar-refractivity contribution in [2.75, 3.05) is 26.7 Å². The molecule has 2 aliphatic rings. The van der Waals surface area contributed by atoms with Gasteiger partial charge >= 0.3 is 5.97 Å². The first-order valence-electron chi connectivity index (χ1n) is 9.55. The zero-order valence-electron chi connectivity index (χ0n) is 15.3. The third kappa shape index (κ3) is 2.86. The Morgan fingerprint density at radius 2 is 2.20 bits per heavy atom. The number of H-pyrrole nitrogens is 1. The van der Waals surface area contributed by atoms with Crippen LogP contribution in [0.15, 0.2) is 24.3 Å². The summed E-state index contributed by atoms with van der Waals surface area (Å²) in [6.07, 6.45) is 5.44. The molecule has 1 unspecified atom stereocenters. The fraction of sp³-hybridized carbons (Fsp3) is 0.571. The van der Waals surface area contributed by atoms with Gasteiger partial charge in [-0.1, -0.05) is 25.1 Å². The van der Waals surface area contributed by atoms with Crippen molar-refractivity contribution in [1.29, 1.82) is 0 Å². The molecule has 2 aromatic rings. The molecule has 0 radical (unpaired) electrons. The SMILES string of the molecule is CC[C@]12CCCN(CCc3c([nH]c4ccccc34)[C@@H](C(=O)OC)C1)C2. The predicted molar refractivity (Wildman–Crippen MR) is 99.8 cm³/mol. The lowest BCUT2D eigenvalue weighted by molar-refractivity contribution is -0.143. The molecular weight excluding hydrogens is 312 g/mol. The van der Waals surface area contributed by atoms with Crippen LogP contribution >= 0.6 is 0 Å². The summed E-state index contributed by atoms with van der Waals surface area (Å²) in [4.78, 5) is 18.9. The van der Waals surface area contributed by atoms with E-state index in [1.165, 1.54) is 37.4 Å². The maximum Gasteiger partial charge on any atom is 0.314 e. The minimum atomic E-state index is -0.189. The van der Waals surface area contributed by atoms with Gasteiger partial charge in [0.2, 0.25) is 0 Å². The van der Waals surface area contributed by atoms with E-state index in [1.54, 1.807) is 0 Å². The van der Waals surface area contributed by atoms with Gasteiger partial charge in [0.05, 0.1) is 13.0 Å². The van der Waals surface area contributed by atoms with Crippen LogP contribution in [-0.2, 0) is 16.0 Å². The quantitative estimate of drug-likeness (QED) is 0.844. The summed E-state index contributed by atoms with van der Waals surface area (Å²) in [5.74, 6) is -0.287. The first-order valence-corrected chi connectivity index (χ1v) is 9.55. The molecule has 3 heterocycles. The number of aromatic amines is 1. The van der Waals surface area contributed by atoms with E-state index in [4.69, 9.17) is 4.74 Å². The molecule has 3 atom stereocenters. The number of aromatic nitrogens is 1. The minimum Gasteiger partial charge on any atom is -0.469 e. The van der Waals surface area contributed by atoms with E-state index in [-0.39, 0.29) is 17.3 Å². The number of fused-ring (bicyclic) bond motifs is 5. The van der Waals surface area contributed by atoms with Crippen LogP contribution < -0.4 is 0 Å². The van der Waals surface area contributed by atoms with E-state index in [1.807, 2.05) is 0 Å². The normalized spacial score (nSPS) is 29.4. The van der Waals surface area contributed by atoms with Crippen molar-refractivity contribution in [2.45, 2.75) is 44.9 Å². The van der Waals surface area contributed by atoms with Gasteiger partial charge in [-0.3, -0.25) is 4.79 Å². The largest absolute Gasteiger partial charge is 0.469 e. The summed E-state index contributed by atoms with van der Waals surface area (Å²) in [6.45, 7) is 5.65. The van der Waals surface area contributed by atoms with Crippen molar-refractivity contribution in [3.63, 3.8) is 0 Å². The summed E-state index contributed by atoms with van der Waals surface area (Å²) < 4.78 is 5.23. The van der Waals surface area contributed by atoms with Crippen molar-refractivity contribution in [3.8, 4) is 0 Å². The highest BCUT2D eigenvalue weighted by atomic mass is 16.5. The first kappa shape index (κ1) is 16.6. The van der Waals surface area contributed by atoms with Gasteiger partial charge in [0.25, 0.3) is 0 Å². The molecule has 1 N–H and O–H groups in total.